The molecule has 0 amide bonds. The highest BCUT2D eigenvalue weighted by atomic mass is 16.3. The van der Waals surface area contributed by atoms with Crippen molar-refractivity contribution < 1.29 is 5.11 Å². The van der Waals surface area contributed by atoms with Gasteiger partial charge in [-0.2, -0.15) is 0 Å². The largest absolute Gasteiger partial charge is 0.391 e. The molecule has 0 saturated heterocycles. The number of hydrogen-bond acceptors (Lipinski definition) is 2. The van der Waals surface area contributed by atoms with Crippen LogP contribution in [-0.4, -0.2) is 35.7 Å². The second kappa shape index (κ2) is 5.46. The molecule has 2 atom stereocenters. The van der Waals surface area contributed by atoms with E-state index >= 15 is 0 Å². The lowest BCUT2D eigenvalue weighted by Gasteiger charge is -2.26. The van der Waals surface area contributed by atoms with E-state index in [1.807, 2.05) is 6.07 Å². The normalized spacial score (nSPS) is 25.2. The molecule has 1 N–H and O–H groups in total. The fraction of sp³-hybridized carbons (Fsp3) is 0.571. The van der Waals surface area contributed by atoms with Crippen molar-refractivity contribution in [2.24, 2.45) is 0 Å². The fourth-order valence-corrected chi connectivity index (χ4v) is 2.55. The van der Waals surface area contributed by atoms with Gasteiger partial charge in [0.1, 0.15) is 0 Å². The maximum absolute atomic E-state index is 9.81. The monoisotopic (exact) mass is 219 g/mol. The molecule has 1 aliphatic rings. The summed E-state index contributed by atoms with van der Waals surface area (Å²) >= 11 is 0. The third kappa shape index (κ3) is 2.83. The second-order valence-corrected chi connectivity index (χ2v) is 4.78. The first-order valence-corrected chi connectivity index (χ1v) is 6.19. The third-order valence-electron chi connectivity index (χ3n) is 3.61. The minimum atomic E-state index is -0.110. The van der Waals surface area contributed by atoms with Crippen molar-refractivity contribution in [3.05, 3.63) is 35.9 Å². The molecular weight excluding hydrogens is 198 g/mol. The lowest BCUT2D eigenvalue weighted by Crippen LogP contribution is -2.38. The molecule has 0 aliphatic heterocycles. The van der Waals surface area contributed by atoms with Crippen LogP contribution in [0.15, 0.2) is 30.3 Å². The van der Waals surface area contributed by atoms with Crippen molar-refractivity contribution in [1.82, 2.24) is 4.90 Å². The molecule has 2 heteroatoms. The van der Waals surface area contributed by atoms with E-state index in [9.17, 15) is 5.11 Å². The molecule has 2 rings (SSSR count). The predicted octanol–water partition coefficient (Wildman–Crippen LogP) is 2.07. The number of aliphatic hydroxyl groups is 1. The number of rotatable bonds is 4. The standard InChI is InChI=1S/C14H21NO/c1-15(13-8-5-9-14(13)16)11-10-12-6-3-2-4-7-12/h2-4,6-7,13-14,16H,5,8-11H2,1H3/t13-,14-/m0/s1. The van der Waals surface area contributed by atoms with Crippen molar-refractivity contribution in [2.45, 2.75) is 37.8 Å². The zero-order valence-electron chi connectivity index (χ0n) is 9.97. The van der Waals surface area contributed by atoms with Crippen molar-refractivity contribution in [3.63, 3.8) is 0 Å². The van der Waals surface area contributed by atoms with Crippen molar-refractivity contribution in [1.29, 1.82) is 0 Å². The molecule has 0 spiro atoms. The van der Waals surface area contributed by atoms with E-state index in [1.165, 1.54) is 12.0 Å². The topological polar surface area (TPSA) is 23.5 Å². The average Bonchev–Trinajstić information content (AvgIpc) is 2.74. The molecule has 16 heavy (non-hydrogen) atoms. The SMILES string of the molecule is CN(CCc1ccccc1)[C@H]1CCC[C@@H]1O. The van der Waals surface area contributed by atoms with Crippen LogP contribution in [-0.2, 0) is 6.42 Å². The van der Waals surface area contributed by atoms with E-state index in [1.54, 1.807) is 0 Å². The Kier molecular flexibility index (Phi) is 3.97. The Labute approximate surface area is 97.9 Å². The summed E-state index contributed by atoms with van der Waals surface area (Å²) in [6.45, 7) is 1.03. The fourth-order valence-electron chi connectivity index (χ4n) is 2.55. The molecule has 1 aromatic carbocycles. The van der Waals surface area contributed by atoms with E-state index in [4.69, 9.17) is 0 Å². The van der Waals surface area contributed by atoms with Crippen LogP contribution in [0.1, 0.15) is 24.8 Å². The van der Waals surface area contributed by atoms with Crippen molar-refractivity contribution in [2.75, 3.05) is 13.6 Å². The summed E-state index contributed by atoms with van der Waals surface area (Å²) in [4.78, 5) is 2.31. The maximum Gasteiger partial charge on any atom is 0.0695 e. The van der Waals surface area contributed by atoms with Gasteiger partial charge in [0.15, 0.2) is 0 Å². The van der Waals surface area contributed by atoms with Crippen LogP contribution in [0.5, 0.6) is 0 Å². The van der Waals surface area contributed by atoms with Gasteiger partial charge in [-0.25, -0.2) is 0 Å². The first kappa shape index (κ1) is 11.6. The van der Waals surface area contributed by atoms with Gasteiger partial charge in [0, 0.05) is 12.6 Å². The van der Waals surface area contributed by atoms with E-state index in [2.05, 4.69) is 36.2 Å². The first-order valence-electron chi connectivity index (χ1n) is 6.19. The van der Waals surface area contributed by atoms with Gasteiger partial charge in [0.05, 0.1) is 6.10 Å². The summed E-state index contributed by atoms with van der Waals surface area (Å²) < 4.78 is 0. The summed E-state index contributed by atoms with van der Waals surface area (Å²) in [5, 5.41) is 9.81. The van der Waals surface area contributed by atoms with Crippen LogP contribution < -0.4 is 0 Å². The van der Waals surface area contributed by atoms with Crippen LogP contribution in [0.4, 0.5) is 0 Å². The molecule has 0 unspecified atom stereocenters. The molecule has 1 aliphatic carbocycles. The van der Waals surface area contributed by atoms with Gasteiger partial charge >= 0.3 is 0 Å². The molecule has 1 aromatic rings. The van der Waals surface area contributed by atoms with Crippen molar-refractivity contribution in [3.8, 4) is 0 Å². The lowest BCUT2D eigenvalue weighted by molar-refractivity contribution is 0.0870. The van der Waals surface area contributed by atoms with Crippen LogP contribution in [0, 0.1) is 0 Å². The van der Waals surface area contributed by atoms with Gasteiger partial charge in [0.2, 0.25) is 0 Å². The van der Waals surface area contributed by atoms with Crippen LogP contribution in [0.3, 0.4) is 0 Å². The Morgan fingerprint density at radius 1 is 1.25 bits per heavy atom. The van der Waals surface area contributed by atoms with Crippen LogP contribution in [0.25, 0.3) is 0 Å². The van der Waals surface area contributed by atoms with E-state index < -0.39 is 0 Å². The van der Waals surface area contributed by atoms with Gasteiger partial charge < -0.3 is 10.0 Å². The molecule has 0 heterocycles. The van der Waals surface area contributed by atoms with E-state index in [-0.39, 0.29) is 6.10 Å². The number of likely N-dealkylation sites (N-methyl/N-ethyl adjacent to an activating group) is 1. The van der Waals surface area contributed by atoms with Gasteiger partial charge in [-0.15, -0.1) is 0 Å². The summed E-state index contributed by atoms with van der Waals surface area (Å²) in [5.41, 5.74) is 1.38. The molecule has 0 bridgehead atoms. The van der Waals surface area contributed by atoms with Gasteiger partial charge in [-0.3, -0.25) is 0 Å². The quantitative estimate of drug-likeness (QED) is 0.838. The highest BCUT2D eigenvalue weighted by Gasteiger charge is 2.28. The highest BCUT2D eigenvalue weighted by Crippen LogP contribution is 2.23. The maximum atomic E-state index is 9.81. The van der Waals surface area contributed by atoms with Gasteiger partial charge in [0.25, 0.3) is 0 Å². The molecule has 88 valence electrons. The molecule has 2 nitrogen and oxygen atoms in total. The lowest BCUT2D eigenvalue weighted by atomic mass is 10.1. The summed E-state index contributed by atoms with van der Waals surface area (Å²) in [7, 11) is 2.13. The second-order valence-electron chi connectivity index (χ2n) is 4.78. The zero-order chi connectivity index (χ0) is 11.4. The van der Waals surface area contributed by atoms with E-state index in [0.717, 1.165) is 25.8 Å². The van der Waals surface area contributed by atoms with Gasteiger partial charge in [-0.05, 0) is 38.3 Å². The third-order valence-corrected chi connectivity index (χ3v) is 3.61. The summed E-state index contributed by atoms with van der Waals surface area (Å²) in [5.74, 6) is 0. The average molecular weight is 219 g/mol. The zero-order valence-corrected chi connectivity index (χ0v) is 9.97. The molecule has 0 aromatic heterocycles. The Balaban J connectivity index is 1.81. The van der Waals surface area contributed by atoms with E-state index in [0.29, 0.717) is 6.04 Å². The van der Waals surface area contributed by atoms with Crippen LogP contribution >= 0.6 is 0 Å². The predicted molar refractivity (Wildman–Crippen MR) is 66.4 cm³/mol. The number of benzene rings is 1. The minimum Gasteiger partial charge on any atom is -0.391 e. The molecule has 1 fully saturated rings. The number of hydrogen-bond donors (Lipinski definition) is 1. The smallest absolute Gasteiger partial charge is 0.0695 e. The Hall–Kier alpha value is -0.860. The molecular formula is C14H21NO. The Morgan fingerprint density at radius 2 is 2.00 bits per heavy atom. The number of aliphatic hydroxyl groups excluding tert-OH is 1. The summed E-state index contributed by atoms with van der Waals surface area (Å²) in [6, 6.07) is 10.9. The Bertz CT molecular complexity index is 312. The number of nitrogens with zero attached hydrogens (tertiary/aromatic N) is 1. The van der Waals surface area contributed by atoms with Crippen molar-refractivity contribution >= 4 is 0 Å². The van der Waals surface area contributed by atoms with Crippen LogP contribution in [0.2, 0.25) is 0 Å². The minimum absolute atomic E-state index is 0.110. The summed E-state index contributed by atoms with van der Waals surface area (Å²) in [6.07, 6.45) is 4.25. The van der Waals surface area contributed by atoms with Gasteiger partial charge in [-0.1, -0.05) is 30.3 Å². The Morgan fingerprint density at radius 3 is 2.62 bits per heavy atom. The highest BCUT2D eigenvalue weighted by molar-refractivity contribution is 5.14. The first-order chi connectivity index (χ1) is 7.77. The molecule has 0 radical (unpaired) electrons. The molecule has 1 saturated carbocycles.